The van der Waals surface area contributed by atoms with Gasteiger partial charge in [0.2, 0.25) is 11.8 Å². The van der Waals surface area contributed by atoms with E-state index in [0.29, 0.717) is 16.5 Å². The van der Waals surface area contributed by atoms with Crippen molar-refractivity contribution < 1.29 is 28.7 Å². The van der Waals surface area contributed by atoms with Crippen LogP contribution in [0.3, 0.4) is 0 Å². The van der Waals surface area contributed by atoms with Crippen molar-refractivity contribution >= 4 is 63.3 Å². The molecule has 3 aromatic carbocycles. The number of nitrogens with zero attached hydrogens (tertiary/aromatic N) is 2. The van der Waals surface area contributed by atoms with Crippen LogP contribution >= 0.6 is 23.2 Å². The average molecular weight is 636 g/mol. The molecule has 7 rings (SSSR count). The van der Waals surface area contributed by atoms with Crippen molar-refractivity contribution in [1.29, 1.82) is 0 Å². The largest absolute Gasteiger partial charge is 0.508 e. The highest BCUT2D eigenvalue weighted by atomic mass is 35.5. The molecule has 3 aromatic rings. The number of hydrogen-bond acceptors (Lipinski definition) is 5. The summed E-state index contributed by atoms with van der Waals surface area (Å²) in [6, 6.07) is 15.4. The fourth-order valence-electron chi connectivity index (χ4n) is 7.96. The van der Waals surface area contributed by atoms with Crippen LogP contribution in [0, 0.1) is 23.6 Å². The standard InChI is InChI=1S/C34H29Cl2FN2O5/c1-32(2,3)39-28(41)22-14-13-21-23(25(22)29(39)42)16-33(35)30(43)38(19-11-9-18(37)10-12-19)31(44)34(33,36)27(21)26-20-7-5-4-6-17(20)8-15-24(26)40/h4-13,15,22-23,25,27,40H,14,16H2,1-3H3. The van der Waals surface area contributed by atoms with Gasteiger partial charge in [-0.05, 0) is 80.6 Å². The molecular formula is C34H29Cl2FN2O5. The number of likely N-dealkylation sites (tertiary alicyclic amines) is 1. The molecule has 3 fully saturated rings. The molecule has 4 aliphatic rings. The Bertz CT molecular complexity index is 1840. The second kappa shape index (κ2) is 9.38. The minimum absolute atomic E-state index is 0.0950. The number of amides is 4. The van der Waals surface area contributed by atoms with Gasteiger partial charge in [-0.3, -0.25) is 24.1 Å². The summed E-state index contributed by atoms with van der Waals surface area (Å²) in [5.74, 6) is -6.34. The number of aromatic hydroxyl groups is 1. The molecule has 2 saturated heterocycles. The number of benzene rings is 3. The zero-order valence-corrected chi connectivity index (χ0v) is 25.7. The van der Waals surface area contributed by atoms with E-state index in [1.807, 2.05) is 18.2 Å². The highest BCUT2D eigenvalue weighted by Gasteiger charge is 2.77. The molecule has 4 amide bonds. The van der Waals surface area contributed by atoms with Crippen LogP contribution in [-0.4, -0.2) is 48.9 Å². The van der Waals surface area contributed by atoms with Crippen LogP contribution < -0.4 is 4.90 Å². The second-order valence-electron chi connectivity index (χ2n) is 13.2. The van der Waals surface area contributed by atoms with Gasteiger partial charge in [-0.2, -0.15) is 0 Å². The first kappa shape index (κ1) is 29.0. The van der Waals surface area contributed by atoms with E-state index in [0.717, 1.165) is 22.4 Å². The number of phenolic OH excluding ortho intramolecular Hbond substituents is 1. The van der Waals surface area contributed by atoms with Gasteiger partial charge < -0.3 is 5.11 Å². The minimum Gasteiger partial charge on any atom is -0.508 e. The van der Waals surface area contributed by atoms with E-state index in [1.165, 1.54) is 23.1 Å². The maximum Gasteiger partial charge on any atom is 0.258 e. The Labute approximate surface area is 263 Å². The lowest BCUT2D eigenvalue weighted by atomic mass is 9.56. The molecule has 1 N–H and O–H groups in total. The van der Waals surface area contributed by atoms with Gasteiger partial charge >= 0.3 is 0 Å². The Kier molecular flexibility index (Phi) is 6.18. The molecule has 44 heavy (non-hydrogen) atoms. The van der Waals surface area contributed by atoms with E-state index in [1.54, 1.807) is 39.0 Å². The fourth-order valence-corrected chi connectivity index (χ4v) is 8.88. The molecule has 6 atom stereocenters. The number of imide groups is 2. The molecule has 226 valence electrons. The van der Waals surface area contributed by atoms with Gasteiger partial charge in [0.1, 0.15) is 11.6 Å². The Hall–Kier alpha value is -3.75. The van der Waals surface area contributed by atoms with Crippen molar-refractivity contribution in [3.8, 4) is 5.75 Å². The fraction of sp³-hybridized carbons (Fsp3) is 0.353. The summed E-state index contributed by atoms with van der Waals surface area (Å²) in [7, 11) is 0. The topological polar surface area (TPSA) is 95.0 Å². The lowest BCUT2D eigenvalue weighted by Gasteiger charge is -2.51. The van der Waals surface area contributed by atoms with E-state index < -0.39 is 56.6 Å². The predicted molar refractivity (Wildman–Crippen MR) is 164 cm³/mol. The third-order valence-corrected chi connectivity index (χ3v) is 11.2. The van der Waals surface area contributed by atoms with Crippen LogP contribution in [0.4, 0.5) is 10.1 Å². The molecule has 0 radical (unpaired) electrons. The van der Waals surface area contributed by atoms with Crippen LogP contribution in [0.1, 0.15) is 45.1 Å². The Morgan fingerprint density at radius 2 is 1.57 bits per heavy atom. The number of phenols is 1. The predicted octanol–water partition coefficient (Wildman–Crippen LogP) is 6.05. The highest BCUT2D eigenvalue weighted by Crippen LogP contribution is 2.67. The summed E-state index contributed by atoms with van der Waals surface area (Å²) in [5, 5.41) is 12.8. The summed E-state index contributed by atoms with van der Waals surface area (Å²) in [6.07, 6.45) is 1.88. The Balaban J connectivity index is 1.49. The highest BCUT2D eigenvalue weighted by molar-refractivity contribution is 6.58. The summed E-state index contributed by atoms with van der Waals surface area (Å²) >= 11 is 14.9. The number of allylic oxidation sites excluding steroid dienone is 2. The smallest absolute Gasteiger partial charge is 0.258 e. The number of fused-ring (bicyclic) bond motifs is 5. The van der Waals surface area contributed by atoms with Crippen LogP contribution in [-0.2, 0) is 19.2 Å². The first-order chi connectivity index (χ1) is 20.7. The van der Waals surface area contributed by atoms with Crippen LogP contribution in [0.25, 0.3) is 10.8 Å². The van der Waals surface area contributed by atoms with Crippen molar-refractivity contribution in [2.24, 2.45) is 17.8 Å². The van der Waals surface area contributed by atoms with Gasteiger partial charge in [-0.15, -0.1) is 23.2 Å². The van der Waals surface area contributed by atoms with E-state index in [9.17, 15) is 28.7 Å². The molecule has 6 unspecified atom stereocenters. The molecule has 1 saturated carbocycles. The van der Waals surface area contributed by atoms with Crippen molar-refractivity contribution in [3.05, 3.63) is 83.7 Å². The van der Waals surface area contributed by atoms with E-state index in [-0.39, 0.29) is 36.1 Å². The first-order valence-electron chi connectivity index (χ1n) is 14.5. The first-order valence-corrected chi connectivity index (χ1v) is 15.3. The minimum atomic E-state index is -2.13. The number of alkyl halides is 2. The van der Waals surface area contributed by atoms with Gasteiger partial charge in [0, 0.05) is 17.0 Å². The van der Waals surface area contributed by atoms with Crippen LogP contribution in [0.15, 0.2) is 72.3 Å². The van der Waals surface area contributed by atoms with Crippen LogP contribution in [0.5, 0.6) is 5.75 Å². The van der Waals surface area contributed by atoms with Gasteiger partial charge in [-0.25, -0.2) is 9.29 Å². The SMILES string of the molecule is CC(C)(C)N1C(=O)C2CC=C3C(CC4(Cl)C(=O)N(c5ccc(F)cc5)C(=O)C4(Cl)C3c3c(O)ccc4ccccc34)C2C1=O. The zero-order chi connectivity index (χ0) is 31.5. The molecule has 0 bridgehead atoms. The summed E-state index contributed by atoms with van der Waals surface area (Å²) < 4.78 is 13.9. The molecule has 10 heteroatoms. The maximum atomic E-state index is 14.6. The molecule has 7 nitrogen and oxygen atoms in total. The van der Waals surface area contributed by atoms with Gasteiger partial charge in [-0.1, -0.05) is 42.0 Å². The number of carbonyl (C=O) groups is 4. The normalized spacial score (nSPS) is 31.7. The zero-order valence-electron chi connectivity index (χ0n) is 24.2. The lowest BCUT2D eigenvalue weighted by molar-refractivity contribution is -0.145. The number of halogens is 3. The van der Waals surface area contributed by atoms with Crippen LogP contribution in [0.2, 0.25) is 0 Å². The van der Waals surface area contributed by atoms with Crippen molar-refractivity contribution in [3.63, 3.8) is 0 Å². The number of anilines is 1. The molecule has 0 spiro atoms. The van der Waals surface area contributed by atoms with E-state index in [2.05, 4.69) is 0 Å². The molecular weight excluding hydrogens is 606 g/mol. The van der Waals surface area contributed by atoms with Gasteiger partial charge in [0.25, 0.3) is 11.8 Å². The maximum absolute atomic E-state index is 14.6. The Morgan fingerprint density at radius 3 is 2.25 bits per heavy atom. The number of rotatable bonds is 2. The quantitative estimate of drug-likeness (QED) is 0.210. The third kappa shape index (κ3) is 3.61. The lowest BCUT2D eigenvalue weighted by Crippen LogP contribution is -2.60. The summed E-state index contributed by atoms with van der Waals surface area (Å²) in [4.78, 5) is 54.6. The average Bonchev–Trinajstić information content (AvgIpc) is 3.32. The molecule has 2 aliphatic carbocycles. The molecule has 2 aliphatic heterocycles. The third-order valence-electron chi connectivity index (χ3n) is 9.80. The second-order valence-corrected chi connectivity index (χ2v) is 14.4. The molecule has 0 aromatic heterocycles. The summed E-state index contributed by atoms with van der Waals surface area (Å²) in [5.41, 5.74) is 0.214. The van der Waals surface area contributed by atoms with Crippen molar-refractivity contribution in [2.75, 3.05) is 4.90 Å². The molecule has 2 heterocycles. The van der Waals surface area contributed by atoms with E-state index in [4.69, 9.17) is 23.2 Å². The van der Waals surface area contributed by atoms with Gasteiger partial charge in [0.05, 0.1) is 17.5 Å². The Morgan fingerprint density at radius 1 is 0.886 bits per heavy atom. The van der Waals surface area contributed by atoms with Gasteiger partial charge in [0.15, 0.2) is 9.75 Å². The van der Waals surface area contributed by atoms with Crippen molar-refractivity contribution in [1.82, 2.24) is 4.90 Å². The number of hydrogen-bond donors (Lipinski definition) is 1. The summed E-state index contributed by atoms with van der Waals surface area (Å²) in [6.45, 7) is 5.37. The van der Waals surface area contributed by atoms with E-state index >= 15 is 0 Å². The number of carbonyl (C=O) groups excluding carboxylic acids is 4. The van der Waals surface area contributed by atoms with Crippen molar-refractivity contribution in [2.45, 2.75) is 54.8 Å². The monoisotopic (exact) mass is 634 g/mol.